The van der Waals surface area contributed by atoms with E-state index in [1.54, 1.807) is 0 Å². The molecule has 0 amide bonds. The molecule has 1 N–H and O–H groups in total. The van der Waals surface area contributed by atoms with E-state index in [0.717, 1.165) is 5.56 Å². The molecule has 1 aliphatic rings. The van der Waals surface area contributed by atoms with Crippen LogP contribution in [0.1, 0.15) is 24.5 Å². The first-order chi connectivity index (χ1) is 9.44. The molecule has 1 aliphatic heterocycles. The maximum Gasteiger partial charge on any atom is 0.235 e. The van der Waals surface area contributed by atoms with E-state index in [2.05, 4.69) is 11.8 Å². The summed E-state index contributed by atoms with van der Waals surface area (Å²) >= 11 is 0. The van der Waals surface area contributed by atoms with Gasteiger partial charge in [-0.3, -0.25) is 4.31 Å². The molecule has 5 heteroatoms. The number of anilines is 1. The second kappa shape index (κ2) is 5.86. The largest absolute Gasteiger partial charge is 0.395 e. The quantitative estimate of drug-likeness (QED) is 0.841. The number of aliphatic hydroxyl groups excluding tert-OH is 1. The molecular formula is C15H19NO3S. The van der Waals surface area contributed by atoms with Gasteiger partial charge in [-0.15, -0.1) is 0 Å². The van der Waals surface area contributed by atoms with E-state index in [-0.39, 0.29) is 18.3 Å². The molecular weight excluding hydrogens is 274 g/mol. The molecule has 108 valence electrons. The van der Waals surface area contributed by atoms with Crippen LogP contribution in [0, 0.1) is 24.7 Å². The number of aryl methyl sites for hydroxylation is 1. The molecule has 0 bridgehead atoms. The second-order valence-corrected chi connectivity index (χ2v) is 7.15. The van der Waals surface area contributed by atoms with E-state index in [0.29, 0.717) is 24.2 Å². The number of rotatable bonds is 2. The summed E-state index contributed by atoms with van der Waals surface area (Å²) in [5.41, 5.74) is 2.35. The van der Waals surface area contributed by atoms with Crippen LogP contribution in [0.5, 0.6) is 0 Å². The van der Waals surface area contributed by atoms with E-state index < -0.39 is 10.0 Å². The molecule has 1 aromatic carbocycles. The monoisotopic (exact) mass is 293 g/mol. The summed E-state index contributed by atoms with van der Waals surface area (Å²) in [5.74, 6) is 6.12. The van der Waals surface area contributed by atoms with Crippen LogP contribution in [-0.4, -0.2) is 32.4 Å². The molecule has 1 fully saturated rings. The van der Waals surface area contributed by atoms with Crippen molar-refractivity contribution in [1.82, 2.24) is 0 Å². The lowest BCUT2D eigenvalue weighted by Gasteiger charge is -2.19. The van der Waals surface area contributed by atoms with Crippen molar-refractivity contribution >= 4 is 15.7 Å². The molecule has 0 radical (unpaired) electrons. The van der Waals surface area contributed by atoms with Crippen molar-refractivity contribution in [3.05, 3.63) is 29.3 Å². The first-order valence-electron chi connectivity index (χ1n) is 6.65. The van der Waals surface area contributed by atoms with Gasteiger partial charge < -0.3 is 5.11 Å². The van der Waals surface area contributed by atoms with Gasteiger partial charge in [0, 0.05) is 18.5 Å². The molecule has 1 saturated heterocycles. The van der Waals surface area contributed by atoms with Gasteiger partial charge in [0.15, 0.2) is 0 Å². The SMILES string of the molecule is Cc1ccc(C#CCCO)c(N2CC(C)CS2(=O)=O)c1. The van der Waals surface area contributed by atoms with Gasteiger partial charge in [-0.1, -0.05) is 24.8 Å². The van der Waals surface area contributed by atoms with Crippen LogP contribution in [0.4, 0.5) is 5.69 Å². The summed E-state index contributed by atoms with van der Waals surface area (Å²) in [6, 6.07) is 5.62. The van der Waals surface area contributed by atoms with E-state index in [9.17, 15) is 8.42 Å². The van der Waals surface area contributed by atoms with Crippen LogP contribution in [0.15, 0.2) is 18.2 Å². The highest BCUT2D eigenvalue weighted by molar-refractivity contribution is 7.93. The fourth-order valence-electron chi connectivity index (χ4n) is 2.31. The van der Waals surface area contributed by atoms with E-state index in [1.807, 2.05) is 32.0 Å². The highest BCUT2D eigenvalue weighted by Gasteiger charge is 2.34. The molecule has 2 rings (SSSR count). The van der Waals surface area contributed by atoms with Gasteiger partial charge in [-0.05, 0) is 30.5 Å². The van der Waals surface area contributed by atoms with Crippen molar-refractivity contribution in [2.24, 2.45) is 5.92 Å². The van der Waals surface area contributed by atoms with Crippen LogP contribution in [0.3, 0.4) is 0 Å². The first-order valence-corrected chi connectivity index (χ1v) is 8.26. The van der Waals surface area contributed by atoms with E-state index in [4.69, 9.17) is 5.11 Å². The Morgan fingerprint density at radius 1 is 1.45 bits per heavy atom. The molecule has 0 spiro atoms. The molecule has 1 unspecified atom stereocenters. The van der Waals surface area contributed by atoms with Crippen LogP contribution in [-0.2, 0) is 10.0 Å². The highest BCUT2D eigenvalue weighted by Crippen LogP contribution is 2.30. The van der Waals surface area contributed by atoms with E-state index >= 15 is 0 Å². The Bertz CT molecular complexity index is 655. The van der Waals surface area contributed by atoms with Crippen molar-refractivity contribution in [1.29, 1.82) is 0 Å². The first kappa shape index (κ1) is 14.9. The Labute approximate surface area is 120 Å². The minimum absolute atomic E-state index is 0.00718. The Hall–Kier alpha value is -1.51. The molecule has 0 aromatic heterocycles. The zero-order chi connectivity index (χ0) is 14.8. The average Bonchev–Trinajstić information content (AvgIpc) is 2.64. The number of hydrogen-bond donors (Lipinski definition) is 1. The summed E-state index contributed by atoms with van der Waals surface area (Å²) < 4.78 is 25.9. The molecule has 4 nitrogen and oxygen atoms in total. The molecule has 0 aliphatic carbocycles. The topological polar surface area (TPSA) is 57.6 Å². The fraction of sp³-hybridized carbons (Fsp3) is 0.467. The van der Waals surface area contributed by atoms with Crippen LogP contribution < -0.4 is 4.31 Å². The van der Waals surface area contributed by atoms with Gasteiger partial charge in [-0.2, -0.15) is 0 Å². The second-order valence-electron chi connectivity index (χ2n) is 5.21. The summed E-state index contributed by atoms with van der Waals surface area (Å²) in [6.45, 7) is 4.37. The number of sulfonamides is 1. The Morgan fingerprint density at radius 2 is 2.20 bits per heavy atom. The van der Waals surface area contributed by atoms with Gasteiger partial charge in [0.05, 0.1) is 18.0 Å². The van der Waals surface area contributed by atoms with Crippen molar-refractivity contribution in [3.8, 4) is 11.8 Å². The number of benzene rings is 1. The average molecular weight is 293 g/mol. The smallest absolute Gasteiger partial charge is 0.235 e. The van der Waals surface area contributed by atoms with Crippen LogP contribution in [0.2, 0.25) is 0 Å². The molecule has 1 heterocycles. The zero-order valence-electron chi connectivity index (χ0n) is 11.8. The minimum atomic E-state index is -3.24. The third kappa shape index (κ3) is 3.14. The van der Waals surface area contributed by atoms with Crippen molar-refractivity contribution in [3.63, 3.8) is 0 Å². The summed E-state index contributed by atoms with van der Waals surface area (Å²) in [6.07, 6.45) is 0.385. The zero-order valence-corrected chi connectivity index (χ0v) is 12.6. The normalized spacial score (nSPS) is 20.6. The number of nitrogens with zero attached hydrogens (tertiary/aromatic N) is 1. The Morgan fingerprint density at radius 3 is 2.80 bits per heavy atom. The maximum atomic E-state index is 12.2. The van der Waals surface area contributed by atoms with Crippen LogP contribution >= 0.6 is 0 Å². The van der Waals surface area contributed by atoms with Gasteiger partial charge >= 0.3 is 0 Å². The minimum Gasteiger partial charge on any atom is -0.395 e. The summed E-state index contributed by atoms with van der Waals surface area (Å²) in [7, 11) is -3.24. The maximum absolute atomic E-state index is 12.2. The standard InChI is InChI=1S/C15H19NO3S/c1-12-6-7-14(5-3-4-8-17)15(9-12)16-10-13(2)11-20(16,18)19/h6-7,9,13,17H,4,8,10-11H2,1-2H3. The third-order valence-electron chi connectivity index (χ3n) is 3.19. The number of aliphatic hydroxyl groups is 1. The lowest BCUT2D eigenvalue weighted by molar-refractivity contribution is 0.305. The van der Waals surface area contributed by atoms with Gasteiger partial charge in [0.25, 0.3) is 0 Å². The third-order valence-corrected chi connectivity index (χ3v) is 5.20. The van der Waals surface area contributed by atoms with Crippen molar-refractivity contribution < 1.29 is 13.5 Å². The van der Waals surface area contributed by atoms with Gasteiger partial charge in [0.2, 0.25) is 10.0 Å². The molecule has 20 heavy (non-hydrogen) atoms. The lowest BCUT2D eigenvalue weighted by Crippen LogP contribution is -2.26. The number of hydrogen-bond acceptors (Lipinski definition) is 3. The van der Waals surface area contributed by atoms with Crippen LogP contribution in [0.25, 0.3) is 0 Å². The molecule has 0 saturated carbocycles. The highest BCUT2D eigenvalue weighted by atomic mass is 32.2. The van der Waals surface area contributed by atoms with Crippen molar-refractivity contribution in [2.45, 2.75) is 20.3 Å². The predicted octanol–water partition coefficient (Wildman–Crippen LogP) is 1.51. The summed E-state index contributed by atoms with van der Waals surface area (Å²) in [5, 5.41) is 8.78. The summed E-state index contributed by atoms with van der Waals surface area (Å²) in [4.78, 5) is 0. The molecule has 1 aromatic rings. The van der Waals surface area contributed by atoms with Crippen molar-refractivity contribution in [2.75, 3.05) is 23.2 Å². The Balaban J connectivity index is 2.45. The van der Waals surface area contributed by atoms with E-state index in [1.165, 1.54) is 4.31 Å². The van der Waals surface area contributed by atoms with Gasteiger partial charge in [-0.25, -0.2) is 8.42 Å². The molecule has 1 atom stereocenters. The Kier molecular flexibility index (Phi) is 4.36. The predicted molar refractivity (Wildman–Crippen MR) is 80.1 cm³/mol. The van der Waals surface area contributed by atoms with Gasteiger partial charge in [0.1, 0.15) is 0 Å². The lowest BCUT2D eigenvalue weighted by atomic mass is 10.1. The fourth-order valence-corrected chi connectivity index (χ4v) is 4.25.